The monoisotopic (exact) mass is 325 g/mol. The number of nitrogens with zero attached hydrogens (tertiary/aromatic N) is 3. The van der Waals surface area contributed by atoms with Crippen LogP contribution in [0.2, 0.25) is 0 Å². The summed E-state index contributed by atoms with van der Waals surface area (Å²) in [6, 6.07) is 10.0. The molecule has 0 bridgehead atoms. The van der Waals surface area contributed by atoms with E-state index in [-0.39, 0.29) is 12.1 Å². The zero-order valence-corrected chi connectivity index (χ0v) is 13.5. The van der Waals surface area contributed by atoms with Crippen molar-refractivity contribution in [1.82, 2.24) is 14.5 Å². The highest BCUT2D eigenvalue weighted by molar-refractivity contribution is 5.58. The molecular formula is C18H19N3O3. The Balaban J connectivity index is 1.67. The zero-order valence-electron chi connectivity index (χ0n) is 13.5. The Labute approximate surface area is 140 Å². The van der Waals surface area contributed by atoms with Crippen LogP contribution in [0.25, 0.3) is 23.0 Å². The number of rotatable bonds is 4. The van der Waals surface area contributed by atoms with E-state index in [4.69, 9.17) is 13.9 Å². The molecule has 2 aromatic heterocycles. The first-order chi connectivity index (χ1) is 11.9. The highest BCUT2D eigenvalue weighted by Gasteiger charge is 2.29. The van der Waals surface area contributed by atoms with Crippen molar-refractivity contribution < 1.29 is 13.9 Å². The van der Waals surface area contributed by atoms with Crippen molar-refractivity contribution in [2.45, 2.75) is 18.6 Å². The molecule has 0 N–H and O–H groups in total. The summed E-state index contributed by atoms with van der Waals surface area (Å²) < 4.78 is 18.9. The van der Waals surface area contributed by atoms with Gasteiger partial charge in [0, 0.05) is 31.7 Å². The molecule has 24 heavy (non-hydrogen) atoms. The molecule has 1 aromatic carbocycles. The second-order valence-corrected chi connectivity index (χ2v) is 5.77. The molecule has 0 radical (unpaired) electrons. The van der Waals surface area contributed by atoms with Gasteiger partial charge >= 0.3 is 0 Å². The topological polar surface area (TPSA) is 62.3 Å². The van der Waals surface area contributed by atoms with Crippen molar-refractivity contribution in [3.05, 3.63) is 49.0 Å². The molecule has 1 aliphatic heterocycles. The number of aromatic nitrogens is 3. The fourth-order valence-electron chi connectivity index (χ4n) is 3.11. The lowest BCUT2D eigenvalue weighted by Gasteiger charge is -2.32. The first-order valence-corrected chi connectivity index (χ1v) is 8.01. The molecule has 0 saturated carbocycles. The number of hydrogen-bond acceptors (Lipinski definition) is 5. The molecule has 0 aliphatic carbocycles. The number of imidazole rings is 1. The number of benzene rings is 1. The van der Waals surface area contributed by atoms with Gasteiger partial charge in [0.2, 0.25) is 5.89 Å². The van der Waals surface area contributed by atoms with Crippen LogP contribution in [0, 0.1) is 0 Å². The minimum Gasteiger partial charge on any atom is -0.444 e. The lowest BCUT2D eigenvalue weighted by atomic mass is 10.1. The number of methoxy groups -OCH3 is 1. The molecule has 0 amide bonds. The molecule has 0 spiro atoms. The van der Waals surface area contributed by atoms with Crippen molar-refractivity contribution in [3.63, 3.8) is 0 Å². The molecule has 4 rings (SSSR count). The van der Waals surface area contributed by atoms with E-state index >= 15 is 0 Å². The smallest absolute Gasteiger partial charge is 0.226 e. The van der Waals surface area contributed by atoms with Crippen LogP contribution in [-0.2, 0) is 9.47 Å². The average Bonchev–Trinajstić information content (AvgIpc) is 3.31. The van der Waals surface area contributed by atoms with E-state index in [0.717, 1.165) is 30.1 Å². The van der Waals surface area contributed by atoms with Crippen molar-refractivity contribution >= 4 is 0 Å². The third-order valence-electron chi connectivity index (χ3n) is 4.35. The van der Waals surface area contributed by atoms with Gasteiger partial charge in [-0.15, -0.1) is 0 Å². The third-order valence-corrected chi connectivity index (χ3v) is 4.35. The molecule has 124 valence electrons. The fraction of sp³-hybridized carbons (Fsp3) is 0.333. The minimum absolute atomic E-state index is 0.00666. The maximum Gasteiger partial charge on any atom is 0.226 e. The SMILES string of the molecule is CO[C@H]1COCC[C@@H]1n1ccnc1-c1coc(-c2ccccc2)n1. The Kier molecular flexibility index (Phi) is 4.15. The van der Waals surface area contributed by atoms with E-state index in [1.807, 2.05) is 36.5 Å². The molecule has 2 atom stereocenters. The summed E-state index contributed by atoms with van der Waals surface area (Å²) in [7, 11) is 1.71. The van der Waals surface area contributed by atoms with Crippen LogP contribution in [0.15, 0.2) is 53.4 Å². The molecule has 3 heterocycles. The molecule has 1 saturated heterocycles. The van der Waals surface area contributed by atoms with Crippen LogP contribution in [0.4, 0.5) is 0 Å². The Morgan fingerprint density at radius 3 is 2.96 bits per heavy atom. The highest BCUT2D eigenvalue weighted by atomic mass is 16.5. The van der Waals surface area contributed by atoms with Gasteiger partial charge in [-0.05, 0) is 18.6 Å². The van der Waals surface area contributed by atoms with Gasteiger partial charge in [0.25, 0.3) is 0 Å². The Morgan fingerprint density at radius 2 is 2.12 bits per heavy atom. The highest BCUT2D eigenvalue weighted by Crippen LogP contribution is 2.30. The molecular weight excluding hydrogens is 306 g/mol. The molecule has 6 nitrogen and oxygen atoms in total. The van der Waals surface area contributed by atoms with Gasteiger partial charge in [-0.1, -0.05) is 18.2 Å². The van der Waals surface area contributed by atoms with Crippen LogP contribution in [0.5, 0.6) is 0 Å². The van der Waals surface area contributed by atoms with E-state index in [0.29, 0.717) is 12.5 Å². The Bertz CT molecular complexity index is 797. The zero-order chi connectivity index (χ0) is 16.4. The summed E-state index contributed by atoms with van der Waals surface area (Å²) in [5.41, 5.74) is 1.67. The number of oxazole rings is 1. The molecule has 3 aromatic rings. The summed E-state index contributed by atoms with van der Waals surface area (Å²) in [6.45, 7) is 1.31. The van der Waals surface area contributed by atoms with Gasteiger partial charge in [0.05, 0.1) is 12.6 Å². The lowest BCUT2D eigenvalue weighted by molar-refractivity contribution is -0.0597. The van der Waals surface area contributed by atoms with Crippen LogP contribution in [0.3, 0.4) is 0 Å². The summed E-state index contributed by atoms with van der Waals surface area (Å²) in [6.07, 6.45) is 6.29. The Morgan fingerprint density at radius 1 is 1.25 bits per heavy atom. The normalized spacial score (nSPS) is 21.0. The summed E-state index contributed by atoms with van der Waals surface area (Å²) in [5, 5.41) is 0. The predicted octanol–water partition coefficient (Wildman–Crippen LogP) is 3.18. The van der Waals surface area contributed by atoms with Crippen molar-refractivity contribution in [2.24, 2.45) is 0 Å². The predicted molar refractivity (Wildman–Crippen MR) is 88.4 cm³/mol. The van der Waals surface area contributed by atoms with Gasteiger partial charge < -0.3 is 18.5 Å². The van der Waals surface area contributed by atoms with Gasteiger partial charge in [-0.2, -0.15) is 0 Å². The van der Waals surface area contributed by atoms with Gasteiger partial charge in [0.15, 0.2) is 5.82 Å². The lowest BCUT2D eigenvalue weighted by Crippen LogP contribution is -2.35. The van der Waals surface area contributed by atoms with E-state index in [1.54, 1.807) is 19.6 Å². The van der Waals surface area contributed by atoms with E-state index in [1.165, 1.54) is 0 Å². The van der Waals surface area contributed by atoms with E-state index < -0.39 is 0 Å². The minimum atomic E-state index is 0.00666. The van der Waals surface area contributed by atoms with Crippen LogP contribution < -0.4 is 0 Å². The first-order valence-electron chi connectivity index (χ1n) is 8.01. The first kappa shape index (κ1) is 15.1. The van der Waals surface area contributed by atoms with Gasteiger partial charge in [-0.3, -0.25) is 0 Å². The van der Waals surface area contributed by atoms with Crippen LogP contribution in [0.1, 0.15) is 12.5 Å². The van der Waals surface area contributed by atoms with E-state index in [2.05, 4.69) is 14.5 Å². The second kappa shape index (κ2) is 6.59. The molecule has 6 heteroatoms. The molecule has 1 aliphatic rings. The summed E-state index contributed by atoms with van der Waals surface area (Å²) in [4.78, 5) is 9.09. The summed E-state index contributed by atoms with van der Waals surface area (Å²) in [5.74, 6) is 1.38. The number of hydrogen-bond donors (Lipinski definition) is 0. The molecule has 0 unspecified atom stereocenters. The molecule has 1 fully saturated rings. The van der Waals surface area contributed by atoms with Crippen molar-refractivity contribution in [2.75, 3.05) is 20.3 Å². The average molecular weight is 325 g/mol. The van der Waals surface area contributed by atoms with Gasteiger partial charge in [0.1, 0.15) is 18.1 Å². The maximum atomic E-state index is 5.65. The summed E-state index contributed by atoms with van der Waals surface area (Å²) >= 11 is 0. The second-order valence-electron chi connectivity index (χ2n) is 5.77. The van der Waals surface area contributed by atoms with Gasteiger partial charge in [-0.25, -0.2) is 9.97 Å². The standard InChI is InChI=1S/C18H19N3O3/c1-22-16-12-23-10-7-15(16)21-9-8-19-17(21)14-11-24-18(20-14)13-5-3-2-4-6-13/h2-6,8-9,11,15-16H,7,10,12H2,1H3/t15-,16-/m0/s1. The Hall–Kier alpha value is -2.44. The third kappa shape index (κ3) is 2.74. The quantitative estimate of drug-likeness (QED) is 0.737. The maximum absolute atomic E-state index is 5.65. The number of ether oxygens (including phenoxy) is 2. The van der Waals surface area contributed by atoms with Crippen molar-refractivity contribution in [1.29, 1.82) is 0 Å². The largest absolute Gasteiger partial charge is 0.444 e. The van der Waals surface area contributed by atoms with Crippen LogP contribution >= 0.6 is 0 Å². The van der Waals surface area contributed by atoms with Crippen molar-refractivity contribution in [3.8, 4) is 23.0 Å². The van der Waals surface area contributed by atoms with Crippen LogP contribution in [-0.4, -0.2) is 41.0 Å². The fourth-order valence-corrected chi connectivity index (χ4v) is 3.11. The van der Waals surface area contributed by atoms with E-state index in [9.17, 15) is 0 Å².